The van der Waals surface area contributed by atoms with Crippen molar-refractivity contribution in [2.24, 2.45) is 13.0 Å². The standard InChI is InChI=1S/C26H31N5O3.C8H18.C5H10.C4H10.C2H6O/c1-16-7-8-20-22(13-16)30(4)26(28-20)29-25(32)19-14-17(2)27-21(15-19)24-18(3)31(11-12-33-5)10-9-23(24)34-6;1-4-5-6-7-8(2)3;1-2-4-5-3-1;1-3-4-2;1-3-2/h7-8,13-15H,9-12H2,1-6H3;8H,4-7H2,1-3H3;1-5H2;3-4H2,1-2H3;1-2H3/p+1. The quantitative estimate of drug-likeness (QED) is 0.146. The minimum Gasteiger partial charge on any atom is -0.500 e. The Labute approximate surface area is 329 Å². The molecule has 0 atom stereocenters. The molecule has 0 spiro atoms. The van der Waals surface area contributed by atoms with Gasteiger partial charge in [0.25, 0.3) is 5.91 Å². The summed E-state index contributed by atoms with van der Waals surface area (Å²) in [5, 5.41) is 2.97. The van der Waals surface area contributed by atoms with Crippen molar-refractivity contribution in [1.29, 1.82) is 0 Å². The fourth-order valence-electron chi connectivity index (χ4n) is 6.10. The predicted octanol–water partition coefficient (Wildman–Crippen LogP) is 11.0. The van der Waals surface area contributed by atoms with Crippen LogP contribution in [0.15, 0.2) is 36.1 Å². The zero-order valence-corrected chi connectivity index (χ0v) is 36.5. The van der Waals surface area contributed by atoms with E-state index in [-0.39, 0.29) is 5.91 Å². The van der Waals surface area contributed by atoms with Crippen LogP contribution < -0.4 is 5.32 Å². The molecule has 2 aliphatic rings. The predicted molar refractivity (Wildman–Crippen MR) is 229 cm³/mol. The van der Waals surface area contributed by atoms with E-state index in [0.29, 0.717) is 18.1 Å². The van der Waals surface area contributed by atoms with Gasteiger partial charge in [-0.15, -0.1) is 0 Å². The summed E-state index contributed by atoms with van der Waals surface area (Å²) >= 11 is 0. The van der Waals surface area contributed by atoms with Crippen LogP contribution in [0.3, 0.4) is 0 Å². The van der Waals surface area contributed by atoms with E-state index in [1.54, 1.807) is 34.5 Å². The molecule has 3 heterocycles. The van der Waals surface area contributed by atoms with Crippen LogP contribution in [0, 0.1) is 19.8 Å². The minimum atomic E-state index is -0.230. The number of benzene rings is 1. The van der Waals surface area contributed by atoms with Crippen molar-refractivity contribution in [3.05, 3.63) is 58.6 Å². The van der Waals surface area contributed by atoms with Gasteiger partial charge in [-0.1, -0.05) is 111 Å². The van der Waals surface area contributed by atoms with Crippen molar-refractivity contribution >= 4 is 34.2 Å². The molecule has 2 aromatic heterocycles. The molecule has 9 heteroatoms. The van der Waals surface area contributed by atoms with E-state index >= 15 is 0 Å². The number of carbonyl (C=O) groups is 1. The number of hydrogen-bond acceptors (Lipinski definition) is 6. The summed E-state index contributed by atoms with van der Waals surface area (Å²) in [6, 6.07) is 9.65. The fraction of sp³-hybridized carbons (Fsp3) is 0.644. The van der Waals surface area contributed by atoms with E-state index in [4.69, 9.17) is 14.5 Å². The molecule has 3 aromatic rings. The molecule has 1 aliphatic carbocycles. The largest absolute Gasteiger partial charge is 0.500 e. The normalized spacial score (nSPS) is 13.6. The van der Waals surface area contributed by atoms with E-state index in [1.165, 1.54) is 70.6 Å². The molecule has 1 saturated carbocycles. The number of nitrogens with one attached hydrogen (secondary N) is 1. The van der Waals surface area contributed by atoms with Crippen LogP contribution in [0.2, 0.25) is 0 Å². The van der Waals surface area contributed by atoms with Crippen LogP contribution in [-0.4, -0.2) is 78.9 Å². The number of allylic oxidation sites excluding steroid dienone is 1. The number of nitrogens with zero attached hydrogens (tertiary/aromatic N) is 4. The average molecular weight is 751 g/mol. The number of ether oxygens (including phenoxy) is 3. The van der Waals surface area contributed by atoms with Crippen molar-refractivity contribution in [2.45, 2.75) is 132 Å². The van der Waals surface area contributed by atoms with Crippen molar-refractivity contribution in [2.75, 3.05) is 53.5 Å². The number of carbonyl (C=O) groups excluding carboxylic acids is 1. The van der Waals surface area contributed by atoms with Gasteiger partial charge in [0.1, 0.15) is 24.5 Å². The lowest BCUT2D eigenvalue weighted by atomic mass is 9.98. The van der Waals surface area contributed by atoms with Gasteiger partial charge in [0.15, 0.2) is 12.3 Å². The van der Waals surface area contributed by atoms with E-state index in [1.807, 2.05) is 43.7 Å². The monoisotopic (exact) mass is 751 g/mol. The third-order valence-corrected chi connectivity index (χ3v) is 9.40. The van der Waals surface area contributed by atoms with Gasteiger partial charge >= 0.3 is 0 Å². The van der Waals surface area contributed by atoms with Crippen LogP contribution >= 0.6 is 0 Å². The molecule has 5 rings (SSSR count). The Morgan fingerprint density at radius 2 is 1.52 bits per heavy atom. The molecule has 304 valence electrons. The van der Waals surface area contributed by atoms with Crippen molar-refractivity contribution < 1.29 is 23.6 Å². The van der Waals surface area contributed by atoms with Gasteiger partial charge in [0, 0.05) is 46.6 Å². The molecule has 0 unspecified atom stereocenters. The summed E-state index contributed by atoms with van der Waals surface area (Å²) < 4.78 is 19.4. The Morgan fingerprint density at radius 3 is 2.06 bits per heavy atom. The topological polar surface area (TPSA) is 90.5 Å². The smallest absolute Gasteiger partial charge is 0.258 e. The lowest BCUT2D eigenvalue weighted by Gasteiger charge is -2.20. The molecule has 1 aliphatic heterocycles. The van der Waals surface area contributed by atoms with Crippen LogP contribution in [0.1, 0.15) is 146 Å². The molecule has 9 nitrogen and oxygen atoms in total. The summed E-state index contributed by atoms with van der Waals surface area (Å²) in [7, 11) is 8.54. The molecule has 0 radical (unpaired) electrons. The van der Waals surface area contributed by atoms with Gasteiger partial charge in [-0.3, -0.25) is 15.1 Å². The lowest BCUT2D eigenvalue weighted by Crippen LogP contribution is -2.30. The first-order chi connectivity index (χ1) is 25.9. The number of unbranched alkanes of at least 4 members (excludes halogenated alkanes) is 3. The molecule has 1 amide bonds. The highest BCUT2D eigenvalue weighted by Gasteiger charge is 2.29. The molecular formula is C45H76N5O4+. The fourth-order valence-corrected chi connectivity index (χ4v) is 6.10. The molecule has 1 aromatic carbocycles. The molecule has 0 bridgehead atoms. The zero-order valence-electron chi connectivity index (χ0n) is 36.5. The molecular weight excluding hydrogens is 675 g/mol. The highest BCUT2D eigenvalue weighted by atomic mass is 16.5. The average Bonchev–Trinajstić information content (AvgIpc) is 3.84. The first-order valence-corrected chi connectivity index (χ1v) is 20.4. The van der Waals surface area contributed by atoms with E-state index < -0.39 is 0 Å². The van der Waals surface area contributed by atoms with Crippen LogP contribution in [0.5, 0.6) is 0 Å². The third kappa shape index (κ3) is 17.3. The van der Waals surface area contributed by atoms with Crippen molar-refractivity contribution in [3.8, 4) is 0 Å². The summed E-state index contributed by atoms with van der Waals surface area (Å²) in [6.07, 6.45) is 16.5. The number of rotatable bonds is 12. The number of imidazole rings is 1. The Hall–Kier alpha value is -3.56. The molecule has 1 fully saturated rings. The molecule has 0 saturated heterocycles. The second-order valence-electron chi connectivity index (χ2n) is 14.7. The van der Waals surface area contributed by atoms with Crippen molar-refractivity contribution in [3.63, 3.8) is 0 Å². The second kappa shape index (κ2) is 27.9. The molecule has 1 N–H and O–H groups in total. The van der Waals surface area contributed by atoms with Gasteiger partial charge in [0.05, 0.1) is 30.3 Å². The van der Waals surface area contributed by atoms with Gasteiger partial charge in [0.2, 0.25) is 5.95 Å². The maximum Gasteiger partial charge on any atom is 0.258 e. The van der Waals surface area contributed by atoms with Gasteiger partial charge in [-0.05, 0) is 49.6 Å². The first kappa shape index (κ1) is 48.5. The third-order valence-electron chi connectivity index (χ3n) is 9.40. The number of pyridine rings is 1. The number of anilines is 1. The summed E-state index contributed by atoms with van der Waals surface area (Å²) in [5.41, 5.74) is 6.96. The number of hydrogen-bond donors (Lipinski definition) is 1. The highest BCUT2D eigenvalue weighted by molar-refractivity contribution is 6.21. The van der Waals surface area contributed by atoms with E-state index in [0.717, 1.165) is 70.5 Å². The molecule has 54 heavy (non-hydrogen) atoms. The van der Waals surface area contributed by atoms with Gasteiger partial charge in [-0.2, -0.15) is 0 Å². The van der Waals surface area contributed by atoms with Crippen LogP contribution in [-0.2, 0) is 21.3 Å². The maximum absolute atomic E-state index is 13.3. The summed E-state index contributed by atoms with van der Waals surface area (Å²) in [6.45, 7) is 19.5. The van der Waals surface area contributed by atoms with Gasteiger partial charge in [-0.25, -0.2) is 9.56 Å². The van der Waals surface area contributed by atoms with Gasteiger partial charge < -0.3 is 18.8 Å². The number of aromatic nitrogens is 3. The Balaban J connectivity index is 0.000000595. The lowest BCUT2D eigenvalue weighted by molar-refractivity contribution is -0.530. The summed E-state index contributed by atoms with van der Waals surface area (Å²) in [5.74, 6) is 2.05. The number of methoxy groups -OCH3 is 3. The number of aryl methyl sites for hydroxylation is 3. The van der Waals surface area contributed by atoms with Crippen LogP contribution in [0.25, 0.3) is 16.6 Å². The zero-order chi connectivity index (χ0) is 40.5. The minimum absolute atomic E-state index is 0.230. The highest BCUT2D eigenvalue weighted by Crippen LogP contribution is 2.27. The van der Waals surface area contributed by atoms with Crippen molar-refractivity contribution in [1.82, 2.24) is 14.5 Å². The number of fused-ring (bicyclic) bond motifs is 1. The van der Waals surface area contributed by atoms with E-state index in [9.17, 15) is 4.79 Å². The second-order valence-corrected chi connectivity index (χ2v) is 14.7. The summed E-state index contributed by atoms with van der Waals surface area (Å²) in [4.78, 5) is 22.6. The SMILES string of the molecule is C1CCCC1.CCCC.CCCCCC(C)C.COC.COCC[N+]1=C(C)C(c2cc(C(=O)Nc3nc4ccc(C)cc4n3C)cc(C)n2)=C(OC)CC1. The maximum atomic E-state index is 13.3. The van der Waals surface area contributed by atoms with Crippen LogP contribution in [0.4, 0.5) is 5.95 Å². The van der Waals surface area contributed by atoms with E-state index in [2.05, 4.69) is 67.2 Å². The first-order valence-electron chi connectivity index (χ1n) is 20.4. The Morgan fingerprint density at radius 1 is 0.889 bits per heavy atom. The Kier molecular flexibility index (Phi) is 25.1. The number of amides is 1. The Bertz CT molecular complexity index is 1560.